The average Bonchev–Trinajstić information content (AvgIpc) is 3.24. The van der Waals surface area contributed by atoms with Gasteiger partial charge in [-0.25, -0.2) is 4.39 Å². The Kier molecular flexibility index (Phi) is 4.55. The number of likely N-dealkylation sites (tertiary alicyclic amines) is 2. The van der Waals surface area contributed by atoms with Crippen LogP contribution in [0.4, 0.5) is 4.39 Å². The van der Waals surface area contributed by atoms with Crippen LogP contribution in [-0.2, 0) is 4.74 Å². The third-order valence-electron chi connectivity index (χ3n) is 5.75. The highest BCUT2D eigenvalue weighted by Crippen LogP contribution is 2.32. The monoisotopic (exact) mass is 332 g/mol. The van der Waals surface area contributed by atoms with Crippen LogP contribution in [0.2, 0.25) is 0 Å². The Bertz CT molecular complexity index is 586. The van der Waals surface area contributed by atoms with E-state index < -0.39 is 0 Å². The molecule has 3 heterocycles. The van der Waals surface area contributed by atoms with Crippen LogP contribution in [0.25, 0.3) is 0 Å². The number of carbonyl (C=O) groups excluding carboxylic acids is 1. The maximum absolute atomic E-state index is 13.0. The predicted octanol–water partition coefficient (Wildman–Crippen LogP) is 2.40. The van der Waals surface area contributed by atoms with Crippen molar-refractivity contribution in [2.24, 2.45) is 11.8 Å². The summed E-state index contributed by atoms with van der Waals surface area (Å²) >= 11 is 0. The SMILES string of the molecule is O=C(c1ccc(F)cc1)N1C[C@H]2CN(C[C@@H]3CCCO3)CC[C@H]2C1. The van der Waals surface area contributed by atoms with Gasteiger partial charge in [-0.1, -0.05) is 0 Å². The first-order valence-electron chi connectivity index (χ1n) is 9.08. The topological polar surface area (TPSA) is 32.8 Å². The van der Waals surface area contributed by atoms with Crippen molar-refractivity contribution in [1.82, 2.24) is 9.80 Å². The minimum atomic E-state index is -0.300. The molecule has 1 amide bonds. The second kappa shape index (κ2) is 6.81. The zero-order valence-electron chi connectivity index (χ0n) is 14.0. The van der Waals surface area contributed by atoms with Gasteiger partial charge in [0.1, 0.15) is 5.82 Å². The predicted molar refractivity (Wildman–Crippen MR) is 89.3 cm³/mol. The highest BCUT2D eigenvalue weighted by atomic mass is 19.1. The van der Waals surface area contributed by atoms with E-state index in [1.54, 1.807) is 12.1 Å². The van der Waals surface area contributed by atoms with Crippen molar-refractivity contribution in [2.75, 3.05) is 39.3 Å². The molecule has 0 saturated carbocycles. The van der Waals surface area contributed by atoms with E-state index in [1.807, 2.05) is 4.90 Å². The lowest BCUT2D eigenvalue weighted by Crippen LogP contribution is -2.43. The number of hydrogen-bond acceptors (Lipinski definition) is 3. The summed E-state index contributed by atoms with van der Waals surface area (Å²) < 4.78 is 18.8. The number of amides is 1. The summed E-state index contributed by atoms with van der Waals surface area (Å²) in [5, 5.41) is 0. The highest BCUT2D eigenvalue weighted by Gasteiger charge is 2.39. The molecule has 3 aliphatic heterocycles. The van der Waals surface area contributed by atoms with Crippen LogP contribution >= 0.6 is 0 Å². The van der Waals surface area contributed by atoms with Gasteiger partial charge in [0.15, 0.2) is 0 Å². The molecule has 3 fully saturated rings. The van der Waals surface area contributed by atoms with Gasteiger partial charge in [-0.2, -0.15) is 0 Å². The summed E-state index contributed by atoms with van der Waals surface area (Å²) in [5.41, 5.74) is 0.589. The second-order valence-corrected chi connectivity index (χ2v) is 7.42. The van der Waals surface area contributed by atoms with E-state index in [1.165, 1.54) is 25.0 Å². The van der Waals surface area contributed by atoms with Gasteiger partial charge in [-0.3, -0.25) is 4.79 Å². The van der Waals surface area contributed by atoms with E-state index in [2.05, 4.69) is 4.90 Å². The smallest absolute Gasteiger partial charge is 0.253 e. The number of nitrogens with zero attached hydrogens (tertiary/aromatic N) is 2. The molecule has 0 bridgehead atoms. The molecule has 0 N–H and O–H groups in total. The minimum Gasteiger partial charge on any atom is -0.377 e. The van der Waals surface area contributed by atoms with Crippen LogP contribution in [0.1, 0.15) is 29.6 Å². The Hall–Kier alpha value is -1.46. The summed E-state index contributed by atoms with van der Waals surface area (Å²) in [6.07, 6.45) is 3.93. The van der Waals surface area contributed by atoms with Gasteiger partial charge in [-0.15, -0.1) is 0 Å². The van der Waals surface area contributed by atoms with Crippen LogP contribution < -0.4 is 0 Å². The molecule has 3 saturated heterocycles. The summed E-state index contributed by atoms with van der Waals surface area (Å²) in [4.78, 5) is 17.1. The highest BCUT2D eigenvalue weighted by molar-refractivity contribution is 5.94. The van der Waals surface area contributed by atoms with E-state index in [-0.39, 0.29) is 11.7 Å². The normalized spacial score (nSPS) is 30.5. The molecule has 130 valence electrons. The maximum Gasteiger partial charge on any atom is 0.253 e. The summed E-state index contributed by atoms with van der Waals surface area (Å²) in [5.74, 6) is 0.904. The van der Waals surface area contributed by atoms with Crippen LogP contribution in [0.3, 0.4) is 0 Å². The molecule has 4 rings (SSSR count). The Labute approximate surface area is 142 Å². The molecule has 0 unspecified atom stereocenters. The summed E-state index contributed by atoms with van der Waals surface area (Å²) in [6, 6.07) is 5.89. The zero-order chi connectivity index (χ0) is 16.5. The van der Waals surface area contributed by atoms with E-state index in [0.717, 1.165) is 45.8 Å². The van der Waals surface area contributed by atoms with E-state index in [4.69, 9.17) is 4.74 Å². The van der Waals surface area contributed by atoms with E-state index in [9.17, 15) is 9.18 Å². The molecule has 0 aliphatic carbocycles. The quantitative estimate of drug-likeness (QED) is 0.852. The van der Waals surface area contributed by atoms with Gasteiger partial charge in [-0.05, 0) is 61.9 Å². The molecular weight excluding hydrogens is 307 g/mol. The molecule has 1 aromatic rings. The number of halogens is 1. The van der Waals surface area contributed by atoms with Crippen molar-refractivity contribution in [3.8, 4) is 0 Å². The Balaban J connectivity index is 1.35. The third kappa shape index (κ3) is 3.33. The Morgan fingerprint density at radius 2 is 1.92 bits per heavy atom. The fraction of sp³-hybridized carbons (Fsp3) is 0.632. The van der Waals surface area contributed by atoms with Crippen molar-refractivity contribution >= 4 is 5.91 Å². The maximum atomic E-state index is 13.0. The van der Waals surface area contributed by atoms with E-state index in [0.29, 0.717) is 23.5 Å². The molecule has 0 aromatic heterocycles. The molecule has 24 heavy (non-hydrogen) atoms. The number of benzene rings is 1. The Morgan fingerprint density at radius 1 is 1.12 bits per heavy atom. The molecule has 4 nitrogen and oxygen atoms in total. The van der Waals surface area contributed by atoms with Crippen LogP contribution in [0, 0.1) is 17.7 Å². The molecule has 0 spiro atoms. The summed E-state index contributed by atoms with van der Waals surface area (Å²) in [6.45, 7) is 5.79. The molecule has 3 aliphatic rings. The number of hydrogen-bond donors (Lipinski definition) is 0. The first-order chi connectivity index (χ1) is 11.7. The fourth-order valence-corrected chi connectivity index (χ4v) is 4.43. The largest absolute Gasteiger partial charge is 0.377 e. The first kappa shape index (κ1) is 16.0. The number of ether oxygens (including phenoxy) is 1. The average molecular weight is 332 g/mol. The fourth-order valence-electron chi connectivity index (χ4n) is 4.43. The van der Waals surface area contributed by atoms with E-state index >= 15 is 0 Å². The number of rotatable bonds is 3. The molecule has 0 radical (unpaired) electrons. The van der Waals surface area contributed by atoms with Crippen LogP contribution in [-0.4, -0.2) is 61.1 Å². The number of fused-ring (bicyclic) bond motifs is 1. The Morgan fingerprint density at radius 3 is 2.67 bits per heavy atom. The van der Waals surface area contributed by atoms with Crippen molar-refractivity contribution < 1.29 is 13.9 Å². The van der Waals surface area contributed by atoms with Crippen LogP contribution in [0.5, 0.6) is 0 Å². The number of carbonyl (C=O) groups is 1. The first-order valence-corrected chi connectivity index (χ1v) is 9.08. The molecule has 3 atom stereocenters. The lowest BCUT2D eigenvalue weighted by atomic mass is 9.88. The van der Waals surface area contributed by atoms with Crippen molar-refractivity contribution in [3.05, 3.63) is 35.6 Å². The number of piperidine rings is 1. The molecule has 1 aromatic carbocycles. The molecular formula is C19H25FN2O2. The second-order valence-electron chi connectivity index (χ2n) is 7.42. The van der Waals surface area contributed by atoms with Crippen molar-refractivity contribution in [3.63, 3.8) is 0 Å². The molecule has 5 heteroatoms. The van der Waals surface area contributed by atoms with Crippen molar-refractivity contribution in [2.45, 2.75) is 25.4 Å². The van der Waals surface area contributed by atoms with Crippen LogP contribution in [0.15, 0.2) is 24.3 Å². The van der Waals surface area contributed by atoms with Gasteiger partial charge in [0.2, 0.25) is 0 Å². The van der Waals surface area contributed by atoms with Gasteiger partial charge >= 0.3 is 0 Å². The minimum absolute atomic E-state index is 0.0371. The van der Waals surface area contributed by atoms with Gasteiger partial charge < -0.3 is 14.5 Å². The van der Waals surface area contributed by atoms with Gasteiger partial charge in [0.05, 0.1) is 6.10 Å². The van der Waals surface area contributed by atoms with Crippen molar-refractivity contribution in [1.29, 1.82) is 0 Å². The third-order valence-corrected chi connectivity index (χ3v) is 5.75. The van der Waals surface area contributed by atoms with Gasteiger partial charge in [0, 0.05) is 38.3 Å². The summed E-state index contributed by atoms with van der Waals surface area (Å²) in [7, 11) is 0. The van der Waals surface area contributed by atoms with Gasteiger partial charge in [0.25, 0.3) is 5.91 Å². The zero-order valence-corrected chi connectivity index (χ0v) is 14.0. The standard InChI is InChI=1S/C19H25FN2O2/c20-17-5-3-14(4-6-17)19(23)22-11-15-7-8-21(10-16(15)12-22)13-18-2-1-9-24-18/h3-6,15-16,18H,1-2,7-13H2/t15-,16+,18-/m0/s1. The lowest BCUT2D eigenvalue weighted by molar-refractivity contribution is 0.0506. The lowest BCUT2D eigenvalue weighted by Gasteiger charge is -2.35.